The van der Waals surface area contributed by atoms with E-state index in [1.54, 1.807) is 6.07 Å². The highest BCUT2D eigenvalue weighted by Crippen LogP contribution is 2.46. The predicted octanol–water partition coefficient (Wildman–Crippen LogP) is 2.14. The largest absolute Gasteiger partial charge is 0.453 e. The van der Waals surface area contributed by atoms with Gasteiger partial charge in [0.25, 0.3) is 0 Å². The maximum atomic E-state index is 9.85. The van der Waals surface area contributed by atoms with Gasteiger partial charge in [-0.05, 0) is 18.9 Å². The Labute approximate surface area is 92.6 Å². The van der Waals surface area contributed by atoms with Gasteiger partial charge < -0.3 is 14.6 Å². The van der Waals surface area contributed by atoms with Crippen molar-refractivity contribution >= 4 is 11.6 Å². The molecular weight excluding hydrogens is 216 g/mol. The van der Waals surface area contributed by atoms with E-state index in [-0.39, 0.29) is 6.79 Å². The van der Waals surface area contributed by atoms with Crippen LogP contribution in [0.2, 0.25) is 5.02 Å². The fourth-order valence-corrected chi connectivity index (χ4v) is 2.04. The Bertz CT molecular complexity index is 413. The molecule has 0 atom stereocenters. The number of hydrogen-bond acceptors (Lipinski definition) is 3. The second-order valence-corrected chi connectivity index (χ2v) is 4.58. The summed E-state index contributed by atoms with van der Waals surface area (Å²) in [6.07, 6.45) is 2.35. The molecule has 0 aromatic heterocycles. The number of halogens is 1. The van der Waals surface area contributed by atoms with Crippen LogP contribution in [0.15, 0.2) is 12.1 Å². The average Bonchev–Trinajstić information content (AvgIpc) is 2.77. The summed E-state index contributed by atoms with van der Waals surface area (Å²) in [5.74, 6) is 1.31. The molecule has 0 bridgehead atoms. The lowest BCUT2D eigenvalue weighted by Crippen LogP contribution is -2.11. The third-order valence-corrected chi connectivity index (χ3v) is 3.20. The van der Waals surface area contributed by atoms with Crippen LogP contribution in [0.25, 0.3) is 0 Å². The van der Waals surface area contributed by atoms with Crippen molar-refractivity contribution in [2.24, 2.45) is 0 Å². The molecule has 1 aromatic carbocycles. The van der Waals surface area contributed by atoms with Gasteiger partial charge in [0.05, 0.1) is 10.6 Å². The molecule has 4 heteroatoms. The van der Waals surface area contributed by atoms with Gasteiger partial charge in [0.15, 0.2) is 11.5 Å². The van der Waals surface area contributed by atoms with Crippen LogP contribution in [0.3, 0.4) is 0 Å². The summed E-state index contributed by atoms with van der Waals surface area (Å²) >= 11 is 5.96. The van der Waals surface area contributed by atoms with E-state index in [1.807, 2.05) is 6.07 Å². The Kier molecular flexibility index (Phi) is 1.88. The molecule has 0 spiro atoms. The van der Waals surface area contributed by atoms with Crippen molar-refractivity contribution in [1.29, 1.82) is 0 Å². The number of fused-ring (bicyclic) bond motifs is 1. The van der Waals surface area contributed by atoms with Gasteiger partial charge in [-0.2, -0.15) is 0 Å². The van der Waals surface area contributed by atoms with Crippen LogP contribution in [0.4, 0.5) is 0 Å². The van der Waals surface area contributed by atoms with Crippen LogP contribution >= 0.6 is 11.6 Å². The smallest absolute Gasteiger partial charge is 0.231 e. The molecule has 0 unspecified atom stereocenters. The third kappa shape index (κ3) is 1.56. The van der Waals surface area contributed by atoms with E-state index >= 15 is 0 Å². The van der Waals surface area contributed by atoms with Gasteiger partial charge in [-0.25, -0.2) is 0 Å². The normalized spacial score (nSPS) is 20.4. The van der Waals surface area contributed by atoms with E-state index in [9.17, 15) is 5.11 Å². The van der Waals surface area contributed by atoms with Crippen LogP contribution in [-0.2, 0) is 6.42 Å². The minimum atomic E-state index is -0.520. The molecule has 2 aliphatic rings. The topological polar surface area (TPSA) is 38.7 Å². The number of aliphatic hydroxyl groups is 1. The molecule has 0 radical (unpaired) electrons. The molecule has 15 heavy (non-hydrogen) atoms. The highest BCUT2D eigenvalue weighted by Gasteiger charge is 2.41. The van der Waals surface area contributed by atoms with Crippen molar-refractivity contribution in [3.63, 3.8) is 0 Å². The highest BCUT2D eigenvalue weighted by molar-refractivity contribution is 6.32. The molecule has 1 heterocycles. The van der Waals surface area contributed by atoms with Gasteiger partial charge in [0, 0.05) is 12.0 Å². The summed E-state index contributed by atoms with van der Waals surface area (Å²) in [6, 6.07) is 3.68. The first kappa shape index (κ1) is 9.31. The van der Waals surface area contributed by atoms with Gasteiger partial charge in [-0.1, -0.05) is 17.7 Å². The van der Waals surface area contributed by atoms with Gasteiger partial charge in [-0.3, -0.25) is 0 Å². The van der Waals surface area contributed by atoms with E-state index < -0.39 is 5.60 Å². The lowest BCUT2D eigenvalue weighted by molar-refractivity contribution is 0.147. The number of ether oxygens (including phenoxy) is 2. The minimum Gasteiger partial charge on any atom is -0.453 e. The molecule has 80 valence electrons. The number of benzene rings is 1. The third-order valence-electron chi connectivity index (χ3n) is 2.90. The molecule has 0 amide bonds. The van der Waals surface area contributed by atoms with Crippen LogP contribution < -0.4 is 9.47 Å². The van der Waals surface area contributed by atoms with Gasteiger partial charge in [-0.15, -0.1) is 0 Å². The first-order valence-electron chi connectivity index (χ1n) is 4.97. The van der Waals surface area contributed by atoms with Crippen molar-refractivity contribution in [2.45, 2.75) is 24.9 Å². The molecular formula is C11H11ClO3. The summed E-state index contributed by atoms with van der Waals surface area (Å²) in [5, 5.41) is 10.4. The van der Waals surface area contributed by atoms with Crippen LogP contribution in [-0.4, -0.2) is 17.5 Å². The van der Waals surface area contributed by atoms with Gasteiger partial charge >= 0.3 is 0 Å². The average molecular weight is 227 g/mol. The van der Waals surface area contributed by atoms with Crippen molar-refractivity contribution in [3.05, 3.63) is 22.7 Å². The van der Waals surface area contributed by atoms with Crippen molar-refractivity contribution < 1.29 is 14.6 Å². The van der Waals surface area contributed by atoms with Crippen molar-refractivity contribution in [2.75, 3.05) is 6.79 Å². The van der Waals surface area contributed by atoms with Crippen molar-refractivity contribution in [3.8, 4) is 11.5 Å². The number of hydrogen-bond donors (Lipinski definition) is 1. The monoisotopic (exact) mass is 226 g/mol. The Morgan fingerprint density at radius 2 is 2.00 bits per heavy atom. The fourth-order valence-electron chi connectivity index (χ4n) is 1.83. The molecule has 1 aromatic rings. The second-order valence-electron chi connectivity index (χ2n) is 4.17. The Morgan fingerprint density at radius 1 is 1.27 bits per heavy atom. The molecule has 0 saturated heterocycles. The second kappa shape index (κ2) is 3.03. The first-order chi connectivity index (χ1) is 7.18. The molecule has 1 N–H and O–H groups in total. The molecule has 1 aliphatic heterocycles. The van der Waals surface area contributed by atoms with Crippen LogP contribution in [0, 0.1) is 0 Å². The zero-order chi connectivity index (χ0) is 10.5. The lowest BCUT2D eigenvalue weighted by Gasteiger charge is -2.10. The van der Waals surface area contributed by atoms with E-state index in [1.165, 1.54) is 0 Å². The van der Waals surface area contributed by atoms with Crippen molar-refractivity contribution in [1.82, 2.24) is 0 Å². The fraction of sp³-hybridized carbons (Fsp3) is 0.455. The molecule has 1 fully saturated rings. The molecule has 1 saturated carbocycles. The minimum absolute atomic E-state index is 0.213. The summed E-state index contributed by atoms with van der Waals surface area (Å²) in [5.41, 5.74) is 0.458. The number of rotatable bonds is 2. The van der Waals surface area contributed by atoms with E-state index in [4.69, 9.17) is 21.1 Å². The zero-order valence-corrected chi connectivity index (χ0v) is 8.88. The Hall–Kier alpha value is -0.930. The van der Waals surface area contributed by atoms with Crippen LogP contribution in [0.5, 0.6) is 11.5 Å². The SMILES string of the molecule is OC1(Cc2ccc(Cl)c3c2OCO3)CC1. The molecule has 3 rings (SSSR count). The summed E-state index contributed by atoms with van der Waals surface area (Å²) in [6.45, 7) is 0.213. The predicted molar refractivity (Wildman–Crippen MR) is 55.5 cm³/mol. The maximum absolute atomic E-state index is 9.85. The Balaban J connectivity index is 1.98. The summed E-state index contributed by atoms with van der Waals surface area (Å²) in [4.78, 5) is 0. The van der Waals surface area contributed by atoms with Gasteiger partial charge in [0.2, 0.25) is 6.79 Å². The molecule has 1 aliphatic carbocycles. The first-order valence-corrected chi connectivity index (χ1v) is 5.35. The lowest BCUT2D eigenvalue weighted by atomic mass is 10.1. The van der Waals surface area contributed by atoms with Gasteiger partial charge in [0.1, 0.15) is 0 Å². The quantitative estimate of drug-likeness (QED) is 0.840. The van der Waals surface area contributed by atoms with E-state index in [2.05, 4.69) is 0 Å². The highest BCUT2D eigenvalue weighted by atomic mass is 35.5. The zero-order valence-electron chi connectivity index (χ0n) is 8.12. The maximum Gasteiger partial charge on any atom is 0.231 e. The van der Waals surface area contributed by atoms with Crippen LogP contribution in [0.1, 0.15) is 18.4 Å². The molecule has 3 nitrogen and oxygen atoms in total. The summed E-state index contributed by atoms with van der Waals surface area (Å²) < 4.78 is 10.6. The Morgan fingerprint density at radius 3 is 2.73 bits per heavy atom. The van der Waals surface area contributed by atoms with E-state index in [0.717, 1.165) is 18.4 Å². The van der Waals surface area contributed by atoms with E-state index in [0.29, 0.717) is 22.9 Å². The summed E-state index contributed by atoms with van der Waals surface area (Å²) in [7, 11) is 0. The standard InChI is InChI=1S/C11H11ClO3/c12-8-2-1-7(5-11(13)3-4-11)9-10(8)15-6-14-9/h1-2,13H,3-6H2.